The van der Waals surface area contributed by atoms with Gasteiger partial charge in [0.1, 0.15) is 12.0 Å². The number of nitrogens with one attached hydrogen (secondary N) is 1. The van der Waals surface area contributed by atoms with E-state index in [0.717, 1.165) is 0 Å². The molecule has 0 fully saturated rings. The predicted octanol–water partition coefficient (Wildman–Crippen LogP) is 6.87. The molecule has 0 spiro atoms. The van der Waals surface area contributed by atoms with Crippen molar-refractivity contribution < 1.29 is 23.9 Å². The van der Waals surface area contributed by atoms with Crippen molar-refractivity contribution in [2.45, 2.75) is 6.10 Å². The number of hydrogen-bond donors (Lipinski definition) is 1. The summed E-state index contributed by atoms with van der Waals surface area (Å²) in [5, 5.41) is 2.85. The highest BCUT2D eigenvalue weighted by Gasteiger charge is 2.46. The third-order valence-electron chi connectivity index (χ3n) is 5.27. The molecule has 0 aliphatic carbocycles. The van der Waals surface area contributed by atoms with E-state index in [2.05, 4.69) is 5.32 Å². The van der Waals surface area contributed by atoms with Crippen LogP contribution in [0.5, 0.6) is 0 Å². The lowest BCUT2D eigenvalue weighted by molar-refractivity contribution is -0.138. The average Bonchev–Trinajstić information content (AvgIpc) is 3.15. The molecule has 0 saturated carbocycles. The van der Waals surface area contributed by atoms with Gasteiger partial charge in [0.05, 0.1) is 36.4 Å². The standard InChI is InChI=1S/C24H12Cl5NO5/c25-13-6-5-10(7-14(13)26)20(31)19(22-11-3-1-2-4-12(11)24(34)35-22)21(32)23(33)30-18-9-16(28)15(27)8-17(18)29/h1-9,19,22H,(H,30,33)/t19-,22+/m0/s1. The van der Waals surface area contributed by atoms with E-state index < -0.39 is 35.5 Å². The Morgan fingerprint density at radius 2 is 1.46 bits per heavy atom. The van der Waals surface area contributed by atoms with Crippen molar-refractivity contribution in [1.82, 2.24) is 0 Å². The molecule has 1 N–H and O–H groups in total. The van der Waals surface area contributed by atoms with Crippen molar-refractivity contribution in [2.75, 3.05) is 5.32 Å². The molecule has 1 heterocycles. The van der Waals surface area contributed by atoms with Gasteiger partial charge in [-0.15, -0.1) is 0 Å². The van der Waals surface area contributed by atoms with Crippen LogP contribution in [-0.2, 0) is 14.3 Å². The van der Waals surface area contributed by atoms with Crippen LogP contribution in [0.2, 0.25) is 25.1 Å². The number of cyclic esters (lactones) is 1. The predicted molar refractivity (Wildman–Crippen MR) is 134 cm³/mol. The third kappa shape index (κ3) is 5.03. The fourth-order valence-corrected chi connectivity index (χ4v) is 4.48. The van der Waals surface area contributed by atoms with Crippen molar-refractivity contribution in [3.8, 4) is 0 Å². The molecule has 2 atom stereocenters. The zero-order chi connectivity index (χ0) is 25.4. The molecule has 1 amide bonds. The fraction of sp³-hybridized carbons (Fsp3) is 0.0833. The van der Waals surface area contributed by atoms with Gasteiger partial charge in [-0.3, -0.25) is 14.4 Å². The van der Waals surface area contributed by atoms with Crippen molar-refractivity contribution >= 4 is 87.1 Å². The number of esters is 1. The second-order valence-corrected chi connectivity index (χ2v) is 9.48. The van der Waals surface area contributed by atoms with Gasteiger partial charge in [-0.05, 0) is 36.4 Å². The van der Waals surface area contributed by atoms with Gasteiger partial charge in [-0.1, -0.05) is 76.2 Å². The van der Waals surface area contributed by atoms with Crippen LogP contribution in [0.15, 0.2) is 54.6 Å². The van der Waals surface area contributed by atoms with Gasteiger partial charge in [-0.2, -0.15) is 0 Å². The number of fused-ring (bicyclic) bond motifs is 1. The molecule has 35 heavy (non-hydrogen) atoms. The Morgan fingerprint density at radius 1 is 0.800 bits per heavy atom. The normalized spacial score (nSPS) is 15.2. The van der Waals surface area contributed by atoms with Gasteiger partial charge < -0.3 is 10.1 Å². The van der Waals surface area contributed by atoms with Crippen molar-refractivity contribution in [3.63, 3.8) is 0 Å². The lowest BCUT2D eigenvalue weighted by Gasteiger charge is -2.21. The zero-order valence-electron chi connectivity index (χ0n) is 17.3. The third-order valence-corrected chi connectivity index (χ3v) is 7.05. The molecular formula is C24H12Cl5NO5. The highest BCUT2D eigenvalue weighted by Crippen LogP contribution is 2.39. The zero-order valence-corrected chi connectivity index (χ0v) is 21.1. The first-order valence-corrected chi connectivity index (χ1v) is 11.8. The Balaban J connectivity index is 1.74. The number of benzene rings is 3. The fourth-order valence-electron chi connectivity index (χ4n) is 3.59. The maximum absolute atomic E-state index is 13.5. The van der Waals surface area contributed by atoms with Crippen LogP contribution in [0.25, 0.3) is 0 Å². The Labute approximate surface area is 224 Å². The van der Waals surface area contributed by atoms with Gasteiger partial charge in [0.2, 0.25) is 5.78 Å². The van der Waals surface area contributed by atoms with E-state index in [9.17, 15) is 19.2 Å². The number of ether oxygens (including phenoxy) is 1. The van der Waals surface area contributed by atoms with Crippen LogP contribution in [0.3, 0.4) is 0 Å². The van der Waals surface area contributed by atoms with E-state index in [1.54, 1.807) is 18.2 Å². The van der Waals surface area contributed by atoms with Crippen molar-refractivity contribution in [1.29, 1.82) is 0 Å². The Bertz CT molecular complexity index is 1410. The molecule has 0 bridgehead atoms. The minimum atomic E-state index is -1.72. The van der Waals surface area contributed by atoms with Gasteiger partial charge in [0.25, 0.3) is 5.91 Å². The highest BCUT2D eigenvalue weighted by molar-refractivity contribution is 6.48. The lowest BCUT2D eigenvalue weighted by Crippen LogP contribution is -2.38. The number of hydrogen-bond acceptors (Lipinski definition) is 5. The quantitative estimate of drug-likeness (QED) is 0.115. The summed E-state index contributed by atoms with van der Waals surface area (Å²) in [6.45, 7) is 0. The van der Waals surface area contributed by atoms with E-state index >= 15 is 0 Å². The van der Waals surface area contributed by atoms with Gasteiger partial charge >= 0.3 is 5.97 Å². The van der Waals surface area contributed by atoms with Crippen LogP contribution >= 0.6 is 58.0 Å². The molecule has 6 nitrogen and oxygen atoms in total. The van der Waals surface area contributed by atoms with Crippen LogP contribution in [0, 0.1) is 5.92 Å². The number of Topliss-reactive ketones (excluding diaryl/α,β-unsaturated/α-hetero) is 2. The molecule has 4 rings (SSSR count). The number of halogens is 5. The van der Waals surface area contributed by atoms with E-state index in [1.165, 1.54) is 36.4 Å². The number of ketones is 2. The lowest BCUT2D eigenvalue weighted by atomic mass is 9.84. The van der Waals surface area contributed by atoms with E-state index in [0.29, 0.717) is 5.56 Å². The number of anilines is 1. The molecule has 0 radical (unpaired) electrons. The first-order valence-electron chi connectivity index (χ1n) is 9.87. The summed E-state index contributed by atoms with van der Waals surface area (Å²) >= 11 is 30.0. The Morgan fingerprint density at radius 3 is 2.17 bits per heavy atom. The molecule has 0 saturated heterocycles. The summed E-state index contributed by atoms with van der Waals surface area (Å²) in [5.41, 5.74) is 0.484. The molecule has 0 unspecified atom stereocenters. The number of amides is 1. The summed E-state index contributed by atoms with van der Waals surface area (Å²) < 4.78 is 5.39. The van der Waals surface area contributed by atoms with Gasteiger partial charge in [0, 0.05) is 11.1 Å². The largest absolute Gasteiger partial charge is 0.453 e. The maximum Gasteiger partial charge on any atom is 0.339 e. The number of carbonyl (C=O) groups is 4. The minimum absolute atomic E-state index is 0.00134. The van der Waals surface area contributed by atoms with E-state index in [1.807, 2.05) is 0 Å². The minimum Gasteiger partial charge on any atom is -0.453 e. The molecule has 1 aliphatic rings. The molecule has 3 aromatic rings. The smallest absolute Gasteiger partial charge is 0.339 e. The number of carbonyl (C=O) groups excluding carboxylic acids is 4. The summed E-state index contributed by atoms with van der Waals surface area (Å²) in [6, 6.07) is 12.8. The molecule has 1 aliphatic heterocycles. The topological polar surface area (TPSA) is 89.5 Å². The maximum atomic E-state index is 13.5. The first kappa shape index (κ1) is 25.5. The van der Waals surface area contributed by atoms with Crippen molar-refractivity contribution in [2.24, 2.45) is 5.92 Å². The monoisotopic (exact) mass is 569 g/mol. The van der Waals surface area contributed by atoms with Crippen LogP contribution in [-0.4, -0.2) is 23.4 Å². The summed E-state index contributed by atoms with van der Waals surface area (Å²) in [4.78, 5) is 52.3. The Hall–Kier alpha value is -2.61. The summed E-state index contributed by atoms with van der Waals surface area (Å²) in [5.74, 6) is -5.58. The van der Waals surface area contributed by atoms with Crippen LogP contribution in [0.4, 0.5) is 5.69 Å². The number of rotatable bonds is 6. The second kappa shape index (κ2) is 10.2. The molecule has 178 valence electrons. The first-order chi connectivity index (χ1) is 16.6. The van der Waals surface area contributed by atoms with Crippen LogP contribution < -0.4 is 5.32 Å². The van der Waals surface area contributed by atoms with Gasteiger partial charge in [-0.25, -0.2) is 4.79 Å². The molecule has 11 heteroatoms. The van der Waals surface area contributed by atoms with E-state index in [4.69, 9.17) is 62.7 Å². The molecular weight excluding hydrogens is 560 g/mol. The van der Waals surface area contributed by atoms with Crippen molar-refractivity contribution in [3.05, 3.63) is 96.4 Å². The van der Waals surface area contributed by atoms with E-state index in [-0.39, 0.29) is 41.9 Å². The second-order valence-electron chi connectivity index (χ2n) is 7.45. The SMILES string of the molecule is O=C(Nc1cc(Cl)c(Cl)cc1Cl)C(=O)[C@H](C(=O)c1ccc(Cl)c(Cl)c1)[C@@H]1OC(=O)c2ccccc21. The van der Waals surface area contributed by atoms with Crippen LogP contribution in [0.1, 0.15) is 32.4 Å². The highest BCUT2D eigenvalue weighted by atomic mass is 35.5. The van der Waals surface area contributed by atoms with Gasteiger partial charge in [0.15, 0.2) is 5.78 Å². The molecule has 3 aromatic carbocycles. The molecule has 0 aromatic heterocycles. The summed E-state index contributed by atoms with van der Waals surface area (Å²) in [7, 11) is 0. The summed E-state index contributed by atoms with van der Waals surface area (Å²) in [6.07, 6.45) is -1.34. The average molecular weight is 572 g/mol. The Kier molecular flexibility index (Phi) is 7.40.